The normalized spacial score (nSPS) is 26.1. The number of carbonyl (C=O) groups is 1. The highest BCUT2D eigenvalue weighted by Crippen LogP contribution is 2.13. The van der Waals surface area contributed by atoms with Crippen LogP contribution in [-0.2, 0) is 4.74 Å². The minimum Gasteiger partial charge on any atom is -0.444 e. The standard InChI is InChI=1S/C11H19NO3/c1-11(2,3)15-10(14)12-8-6-4-5-7-9(8)13/h5,7-9,13H,4,6H2,1-3H3,(H,12,14)/t8-,9+/m0/s1. The Hall–Kier alpha value is -1.03. The lowest BCUT2D eigenvalue weighted by Crippen LogP contribution is -2.45. The van der Waals surface area contributed by atoms with Gasteiger partial charge >= 0.3 is 6.09 Å². The molecular formula is C11H19NO3. The zero-order chi connectivity index (χ0) is 11.5. The summed E-state index contributed by atoms with van der Waals surface area (Å²) in [5.74, 6) is 0. The van der Waals surface area contributed by atoms with Crippen LogP contribution in [0, 0.1) is 0 Å². The molecule has 1 rings (SSSR count). The van der Waals surface area contributed by atoms with Crippen molar-refractivity contribution in [2.75, 3.05) is 0 Å². The SMILES string of the molecule is CC(C)(C)OC(=O)N[C@H]1CCC=C[C@H]1O. The largest absolute Gasteiger partial charge is 0.444 e. The molecule has 2 N–H and O–H groups in total. The van der Waals surface area contributed by atoms with Crippen molar-refractivity contribution in [3.8, 4) is 0 Å². The van der Waals surface area contributed by atoms with Gasteiger partial charge < -0.3 is 15.2 Å². The number of aliphatic hydroxyl groups is 1. The van der Waals surface area contributed by atoms with Crippen molar-refractivity contribution in [1.82, 2.24) is 5.32 Å². The van der Waals surface area contributed by atoms with Crippen molar-refractivity contribution in [1.29, 1.82) is 0 Å². The number of hydrogen-bond donors (Lipinski definition) is 2. The molecule has 0 radical (unpaired) electrons. The molecule has 4 heteroatoms. The molecule has 15 heavy (non-hydrogen) atoms. The molecule has 0 aromatic carbocycles. The molecule has 0 saturated carbocycles. The Labute approximate surface area is 90.3 Å². The fraction of sp³-hybridized carbons (Fsp3) is 0.727. The topological polar surface area (TPSA) is 58.6 Å². The maximum atomic E-state index is 11.4. The van der Waals surface area contributed by atoms with E-state index in [0.717, 1.165) is 12.8 Å². The van der Waals surface area contributed by atoms with Gasteiger partial charge in [0, 0.05) is 0 Å². The molecule has 0 spiro atoms. The Morgan fingerprint density at radius 2 is 2.20 bits per heavy atom. The number of carbonyl (C=O) groups excluding carboxylic acids is 1. The third-order valence-electron chi connectivity index (χ3n) is 2.09. The number of ether oxygens (including phenoxy) is 1. The monoisotopic (exact) mass is 213 g/mol. The van der Waals surface area contributed by atoms with Crippen LogP contribution in [-0.4, -0.2) is 28.9 Å². The zero-order valence-electron chi connectivity index (χ0n) is 9.49. The van der Waals surface area contributed by atoms with Gasteiger partial charge in [0.25, 0.3) is 0 Å². The molecule has 1 aliphatic rings. The van der Waals surface area contributed by atoms with Gasteiger partial charge in [0.2, 0.25) is 0 Å². The number of allylic oxidation sites excluding steroid dienone is 1. The van der Waals surface area contributed by atoms with Crippen molar-refractivity contribution in [2.24, 2.45) is 0 Å². The molecule has 0 aliphatic heterocycles. The van der Waals surface area contributed by atoms with Crippen molar-refractivity contribution in [3.05, 3.63) is 12.2 Å². The Balaban J connectivity index is 2.41. The van der Waals surface area contributed by atoms with E-state index in [9.17, 15) is 9.90 Å². The first kappa shape index (κ1) is 12.0. The van der Waals surface area contributed by atoms with Crippen LogP contribution in [0.1, 0.15) is 33.6 Å². The summed E-state index contributed by atoms with van der Waals surface area (Å²) in [6, 6.07) is -0.232. The first-order valence-corrected chi connectivity index (χ1v) is 5.23. The first-order valence-electron chi connectivity index (χ1n) is 5.23. The zero-order valence-corrected chi connectivity index (χ0v) is 9.49. The van der Waals surface area contributed by atoms with Crippen LogP contribution in [0.5, 0.6) is 0 Å². The molecule has 0 heterocycles. The Morgan fingerprint density at radius 1 is 1.53 bits per heavy atom. The Bertz CT molecular complexity index is 255. The third-order valence-corrected chi connectivity index (χ3v) is 2.09. The summed E-state index contributed by atoms with van der Waals surface area (Å²) in [4.78, 5) is 11.4. The average molecular weight is 213 g/mol. The van der Waals surface area contributed by atoms with Gasteiger partial charge in [-0.3, -0.25) is 0 Å². The second-order valence-electron chi connectivity index (χ2n) is 4.75. The van der Waals surface area contributed by atoms with Crippen molar-refractivity contribution < 1.29 is 14.6 Å². The van der Waals surface area contributed by atoms with Crippen molar-refractivity contribution in [2.45, 2.75) is 51.4 Å². The van der Waals surface area contributed by atoms with Crippen LogP contribution >= 0.6 is 0 Å². The summed E-state index contributed by atoms with van der Waals surface area (Å²) in [5, 5.41) is 12.2. The molecule has 0 bridgehead atoms. The molecule has 2 atom stereocenters. The van der Waals surface area contributed by atoms with Crippen LogP contribution in [0.25, 0.3) is 0 Å². The number of hydrogen-bond acceptors (Lipinski definition) is 3. The van der Waals surface area contributed by atoms with E-state index in [1.165, 1.54) is 0 Å². The van der Waals surface area contributed by atoms with E-state index >= 15 is 0 Å². The quantitative estimate of drug-likeness (QED) is 0.650. The number of amides is 1. The fourth-order valence-electron chi connectivity index (χ4n) is 1.43. The second-order valence-corrected chi connectivity index (χ2v) is 4.75. The van der Waals surface area contributed by atoms with Crippen LogP contribution in [0.2, 0.25) is 0 Å². The predicted octanol–water partition coefficient (Wildman–Crippen LogP) is 1.59. The summed E-state index contributed by atoms with van der Waals surface area (Å²) in [5.41, 5.74) is -0.500. The summed E-state index contributed by atoms with van der Waals surface area (Å²) in [6.07, 6.45) is 4.16. The van der Waals surface area contributed by atoms with E-state index < -0.39 is 17.8 Å². The summed E-state index contributed by atoms with van der Waals surface area (Å²) in [6.45, 7) is 5.43. The summed E-state index contributed by atoms with van der Waals surface area (Å²) in [7, 11) is 0. The highest BCUT2D eigenvalue weighted by molar-refractivity contribution is 5.68. The molecule has 0 aromatic heterocycles. The number of nitrogens with one attached hydrogen (secondary N) is 1. The van der Waals surface area contributed by atoms with Crippen molar-refractivity contribution in [3.63, 3.8) is 0 Å². The van der Waals surface area contributed by atoms with Gasteiger partial charge in [-0.25, -0.2) is 4.79 Å². The molecule has 86 valence electrons. The molecule has 1 amide bonds. The summed E-state index contributed by atoms with van der Waals surface area (Å²) >= 11 is 0. The average Bonchev–Trinajstić information content (AvgIpc) is 2.05. The molecule has 0 unspecified atom stereocenters. The van der Waals surface area contributed by atoms with E-state index in [-0.39, 0.29) is 6.04 Å². The highest BCUT2D eigenvalue weighted by atomic mass is 16.6. The summed E-state index contributed by atoms with van der Waals surface area (Å²) < 4.78 is 5.10. The van der Waals surface area contributed by atoms with Gasteiger partial charge in [-0.2, -0.15) is 0 Å². The lowest BCUT2D eigenvalue weighted by molar-refractivity contribution is 0.0445. The maximum absolute atomic E-state index is 11.4. The maximum Gasteiger partial charge on any atom is 0.407 e. The fourth-order valence-corrected chi connectivity index (χ4v) is 1.43. The number of rotatable bonds is 1. The lowest BCUT2D eigenvalue weighted by Gasteiger charge is -2.26. The van der Waals surface area contributed by atoms with Crippen LogP contribution in [0.3, 0.4) is 0 Å². The number of alkyl carbamates (subject to hydrolysis) is 1. The van der Waals surface area contributed by atoms with Gasteiger partial charge in [0.15, 0.2) is 0 Å². The molecule has 0 saturated heterocycles. The predicted molar refractivity (Wildman–Crippen MR) is 57.5 cm³/mol. The third kappa shape index (κ3) is 4.34. The molecular weight excluding hydrogens is 194 g/mol. The van der Waals surface area contributed by atoms with Crippen LogP contribution in [0.15, 0.2) is 12.2 Å². The van der Waals surface area contributed by atoms with Crippen LogP contribution in [0.4, 0.5) is 4.79 Å². The van der Waals surface area contributed by atoms with Gasteiger partial charge in [-0.05, 0) is 33.6 Å². The van der Waals surface area contributed by atoms with Crippen LogP contribution < -0.4 is 5.32 Å². The van der Waals surface area contributed by atoms with Gasteiger partial charge in [-0.15, -0.1) is 0 Å². The minimum atomic E-state index is -0.605. The first-order chi connectivity index (χ1) is 6.88. The molecule has 4 nitrogen and oxygen atoms in total. The number of aliphatic hydroxyl groups excluding tert-OH is 1. The minimum absolute atomic E-state index is 0.232. The second kappa shape index (κ2) is 4.66. The van der Waals surface area contributed by atoms with Crippen molar-refractivity contribution >= 4 is 6.09 Å². The Morgan fingerprint density at radius 3 is 2.73 bits per heavy atom. The van der Waals surface area contributed by atoms with E-state index in [4.69, 9.17) is 4.74 Å². The van der Waals surface area contributed by atoms with Gasteiger partial charge in [0.05, 0.1) is 12.1 Å². The van der Waals surface area contributed by atoms with E-state index in [2.05, 4.69) is 5.32 Å². The van der Waals surface area contributed by atoms with E-state index in [1.54, 1.807) is 6.08 Å². The molecule has 1 aliphatic carbocycles. The molecule has 0 fully saturated rings. The van der Waals surface area contributed by atoms with E-state index in [1.807, 2.05) is 26.8 Å². The lowest BCUT2D eigenvalue weighted by atomic mass is 9.99. The Kier molecular flexibility index (Phi) is 3.74. The molecule has 0 aromatic rings. The smallest absolute Gasteiger partial charge is 0.407 e. The highest BCUT2D eigenvalue weighted by Gasteiger charge is 2.24. The van der Waals surface area contributed by atoms with Gasteiger partial charge in [0.1, 0.15) is 5.60 Å². The van der Waals surface area contributed by atoms with Gasteiger partial charge in [-0.1, -0.05) is 12.2 Å². The van der Waals surface area contributed by atoms with E-state index in [0.29, 0.717) is 0 Å².